The first-order chi connectivity index (χ1) is 7.43. The Bertz CT molecular complexity index is 604. The molecule has 0 aliphatic heterocycles. The Kier molecular flexibility index (Phi) is 2.15. The fourth-order valence-corrected chi connectivity index (χ4v) is 1.66. The smallest absolute Gasteiger partial charge is 0.338 e. The standard InChI is InChI=1S/C10H6F3NO2/c1-3-6(10(15)16)7-5(14-3)2-4(11)8(12)9(7)13/h2,14H,1H3,(H,15,16). The van der Waals surface area contributed by atoms with Gasteiger partial charge in [-0.05, 0) is 6.92 Å². The molecule has 84 valence electrons. The van der Waals surface area contributed by atoms with Crippen molar-refractivity contribution in [1.29, 1.82) is 0 Å². The Balaban J connectivity index is 2.98. The fourth-order valence-electron chi connectivity index (χ4n) is 1.66. The maximum absolute atomic E-state index is 13.4. The van der Waals surface area contributed by atoms with Gasteiger partial charge in [0.05, 0.1) is 16.5 Å². The van der Waals surface area contributed by atoms with Crippen LogP contribution in [0.25, 0.3) is 10.9 Å². The molecule has 0 amide bonds. The molecule has 0 unspecified atom stereocenters. The van der Waals surface area contributed by atoms with Crippen molar-refractivity contribution >= 4 is 16.9 Å². The van der Waals surface area contributed by atoms with E-state index in [4.69, 9.17) is 5.11 Å². The number of benzene rings is 1. The largest absolute Gasteiger partial charge is 0.478 e. The van der Waals surface area contributed by atoms with Crippen LogP contribution in [-0.2, 0) is 0 Å². The van der Waals surface area contributed by atoms with Gasteiger partial charge in [-0.15, -0.1) is 0 Å². The average Bonchev–Trinajstić information content (AvgIpc) is 2.51. The maximum atomic E-state index is 13.4. The van der Waals surface area contributed by atoms with E-state index >= 15 is 0 Å². The molecule has 0 atom stereocenters. The number of hydrogen-bond donors (Lipinski definition) is 2. The van der Waals surface area contributed by atoms with Gasteiger partial charge in [-0.2, -0.15) is 0 Å². The fraction of sp³-hybridized carbons (Fsp3) is 0.100. The Morgan fingerprint density at radius 1 is 1.31 bits per heavy atom. The van der Waals surface area contributed by atoms with E-state index in [-0.39, 0.29) is 16.8 Å². The number of hydrogen-bond acceptors (Lipinski definition) is 1. The zero-order valence-corrected chi connectivity index (χ0v) is 8.07. The second kappa shape index (κ2) is 3.26. The summed E-state index contributed by atoms with van der Waals surface area (Å²) in [5, 5.41) is 8.39. The number of aromatic nitrogens is 1. The van der Waals surface area contributed by atoms with Crippen LogP contribution in [0.4, 0.5) is 13.2 Å². The molecule has 0 saturated carbocycles. The van der Waals surface area contributed by atoms with Crippen LogP contribution >= 0.6 is 0 Å². The van der Waals surface area contributed by atoms with Gasteiger partial charge < -0.3 is 10.1 Å². The normalized spacial score (nSPS) is 11.0. The quantitative estimate of drug-likeness (QED) is 0.738. The molecule has 0 saturated heterocycles. The Labute approximate surface area is 87.5 Å². The van der Waals surface area contributed by atoms with Crippen LogP contribution in [0, 0.1) is 24.4 Å². The summed E-state index contributed by atoms with van der Waals surface area (Å²) >= 11 is 0. The number of aryl methyl sites for hydroxylation is 1. The summed E-state index contributed by atoms with van der Waals surface area (Å²) in [4.78, 5) is 13.3. The van der Waals surface area contributed by atoms with Crippen LogP contribution in [0.3, 0.4) is 0 Å². The van der Waals surface area contributed by atoms with E-state index in [2.05, 4.69) is 4.98 Å². The molecule has 0 fully saturated rings. The van der Waals surface area contributed by atoms with Gasteiger partial charge in [0, 0.05) is 11.8 Å². The van der Waals surface area contributed by atoms with Gasteiger partial charge in [-0.3, -0.25) is 0 Å². The van der Waals surface area contributed by atoms with Gasteiger partial charge in [0.1, 0.15) is 0 Å². The van der Waals surface area contributed by atoms with E-state index in [9.17, 15) is 18.0 Å². The van der Waals surface area contributed by atoms with Gasteiger partial charge in [0.25, 0.3) is 0 Å². The molecule has 2 rings (SSSR count). The van der Waals surface area contributed by atoms with Gasteiger partial charge in [-0.25, -0.2) is 18.0 Å². The lowest BCUT2D eigenvalue weighted by Crippen LogP contribution is -2.00. The summed E-state index contributed by atoms with van der Waals surface area (Å²) in [6, 6.07) is 0.729. The van der Waals surface area contributed by atoms with Crippen LogP contribution in [0.5, 0.6) is 0 Å². The number of aromatic amines is 1. The van der Waals surface area contributed by atoms with Gasteiger partial charge in [0.15, 0.2) is 17.5 Å². The number of aromatic carboxylic acids is 1. The lowest BCUT2D eigenvalue weighted by molar-refractivity contribution is 0.0698. The monoisotopic (exact) mass is 229 g/mol. The topological polar surface area (TPSA) is 53.1 Å². The third-order valence-corrected chi connectivity index (χ3v) is 2.32. The third kappa shape index (κ3) is 1.26. The number of halogens is 3. The lowest BCUT2D eigenvalue weighted by atomic mass is 10.1. The van der Waals surface area contributed by atoms with Gasteiger partial charge in [-0.1, -0.05) is 0 Å². The molecule has 2 N–H and O–H groups in total. The zero-order valence-electron chi connectivity index (χ0n) is 8.07. The second-order valence-corrected chi connectivity index (χ2v) is 3.34. The van der Waals surface area contributed by atoms with Gasteiger partial charge >= 0.3 is 5.97 Å². The van der Waals surface area contributed by atoms with E-state index < -0.39 is 28.8 Å². The molecule has 3 nitrogen and oxygen atoms in total. The van der Waals surface area contributed by atoms with Crippen LogP contribution in [0.2, 0.25) is 0 Å². The number of carboxylic acids is 1. The van der Waals surface area contributed by atoms with Crippen molar-refractivity contribution in [1.82, 2.24) is 4.98 Å². The van der Waals surface area contributed by atoms with Crippen LogP contribution < -0.4 is 0 Å². The average molecular weight is 229 g/mol. The predicted octanol–water partition coefficient (Wildman–Crippen LogP) is 2.59. The summed E-state index contributed by atoms with van der Waals surface area (Å²) < 4.78 is 39.2. The Hall–Kier alpha value is -1.98. The summed E-state index contributed by atoms with van der Waals surface area (Å²) in [7, 11) is 0. The maximum Gasteiger partial charge on any atom is 0.338 e. The highest BCUT2D eigenvalue weighted by Gasteiger charge is 2.23. The van der Waals surface area contributed by atoms with Gasteiger partial charge in [0.2, 0.25) is 0 Å². The first-order valence-electron chi connectivity index (χ1n) is 4.32. The van der Waals surface area contributed by atoms with Crippen LogP contribution in [0.1, 0.15) is 16.1 Å². The molecule has 1 aromatic heterocycles. The summed E-state index contributed by atoms with van der Waals surface area (Å²) in [6.45, 7) is 1.39. The number of carbonyl (C=O) groups is 1. The molecule has 1 heterocycles. The SMILES string of the molecule is Cc1[nH]c2cc(F)c(F)c(F)c2c1C(=O)O. The van der Waals surface area contributed by atoms with E-state index in [1.54, 1.807) is 0 Å². The van der Waals surface area contributed by atoms with Crippen molar-refractivity contribution < 1.29 is 23.1 Å². The Morgan fingerprint density at radius 2 is 1.94 bits per heavy atom. The highest BCUT2D eigenvalue weighted by atomic mass is 19.2. The van der Waals surface area contributed by atoms with Crippen molar-refractivity contribution in [2.45, 2.75) is 6.92 Å². The van der Waals surface area contributed by atoms with Crippen molar-refractivity contribution in [3.05, 3.63) is 34.8 Å². The summed E-state index contributed by atoms with van der Waals surface area (Å²) in [5.41, 5.74) is -0.316. The molecule has 6 heteroatoms. The molecule has 1 aromatic carbocycles. The van der Waals surface area contributed by atoms with Crippen molar-refractivity contribution in [3.8, 4) is 0 Å². The lowest BCUT2D eigenvalue weighted by Gasteiger charge is -1.98. The van der Waals surface area contributed by atoms with Crippen molar-refractivity contribution in [3.63, 3.8) is 0 Å². The van der Waals surface area contributed by atoms with E-state index in [0.29, 0.717) is 0 Å². The minimum absolute atomic E-state index is 0.0775. The third-order valence-electron chi connectivity index (χ3n) is 2.32. The first kappa shape index (κ1) is 10.5. The number of H-pyrrole nitrogens is 1. The molecule has 0 radical (unpaired) electrons. The highest BCUT2D eigenvalue weighted by Crippen LogP contribution is 2.28. The summed E-state index contributed by atoms with van der Waals surface area (Å²) in [6.07, 6.45) is 0. The first-order valence-corrected chi connectivity index (χ1v) is 4.32. The molecular formula is C10H6F3NO2. The Morgan fingerprint density at radius 3 is 2.50 bits per heavy atom. The summed E-state index contributed by atoms with van der Waals surface area (Å²) in [5.74, 6) is -5.91. The number of rotatable bonds is 1. The molecule has 0 aliphatic carbocycles. The van der Waals surface area contributed by atoms with Crippen LogP contribution in [0.15, 0.2) is 6.07 Å². The number of carboxylic acid groups (broad SMARTS) is 1. The molecule has 0 aliphatic rings. The van der Waals surface area contributed by atoms with Crippen LogP contribution in [-0.4, -0.2) is 16.1 Å². The minimum Gasteiger partial charge on any atom is -0.478 e. The zero-order chi connectivity index (χ0) is 12.0. The van der Waals surface area contributed by atoms with E-state index in [0.717, 1.165) is 6.07 Å². The van der Waals surface area contributed by atoms with Crippen molar-refractivity contribution in [2.75, 3.05) is 0 Å². The molecular weight excluding hydrogens is 223 g/mol. The highest BCUT2D eigenvalue weighted by molar-refractivity contribution is 6.04. The number of fused-ring (bicyclic) bond motifs is 1. The predicted molar refractivity (Wildman–Crippen MR) is 49.9 cm³/mol. The molecule has 16 heavy (non-hydrogen) atoms. The van der Waals surface area contributed by atoms with E-state index in [1.807, 2.05) is 0 Å². The minimum atomic E-state index is -1.67. The molecule has 0 spiro atoms. The molecule has 0 bridgehead atoms. The van der Waals surface area contributed by atoms with E-state index in [1.165, 1.54) is 6.92 Å². The second-order valence-electron chi connectivity index (χ2n) is 3.34. The molecule has 2 aromatic rings. The number of nitrogens with one attached hydrogen (secondary N) is 1. The van der Waals surface area contributed by atoms with Crippen molar-refractivity contribution in [2.24, 2.45) is 0 Å².